The molecule has 0 saturated carbocycles. The topological polar surface area (TPSA) is 46.9 Å². The van der Waals surface area contributed by atoms with E-state index in [1.165, 1.54) is 12.8 Å². The summed E-state index contributed by atoms with van der Waals surface area (Å²) in [6, 6.07) is 2.07. The van der Waals surface area contributed by atoms with Crippen molar-refractivity contribution in [3.63, 3.8) is 0 Å². The van der Waals surface area contributed by atoms with Gasteiger partial charge >= 0.3 is 0 Å². The third kappa shape index (κ3) is 2.99. The summed E-state index contributed by atoms with van der Waals surface area (Å²) in [6.45, 7) is 7.64. The fourth-order valence-electron chi connectivity index (χ4n) is 3.47. The zero-order valence-electron chi connectivity index (χ0n) is 11.0. The van der Waals surface area contributed by atoms with Gasteiger partial charge in [0.05, 0.1) is 12.7 Å². The number of rotatable bonds is 5. The second-order valence-electron chi connectivity index (χ2n) is 5.81. The lowest BCUT2D eigenvalue weighted by atomic mass is 10.1. The van der Waals surface area contributed by atoms with Crippen molar-refractivity contribution in [2.45, 2.75) is 57.3 Å². The number of nitrogens with zero attached hydrogens (tertiary/aromatic N) is 2. The van der Waals surface area contributed by atoms with Crippen molar-refractivity contribution < 1.29 is 10.2 Å². The van der Waals surface area contributed by atoms with Crippen LogP contribution in [0.25, 0.3) is 0 Å². The average Bonchev–Trinajstić information content (AvgIpc) is 2.58. The maximum atomic E-state index is 9.39. The number of aliphatic hydroxyl groups excluding tert-OH is 2. The molecule has 2 fully saturated rings. The smallest absolute Gasteiger partial charge is 0.0783 e. The lowest BCUT2D eigenvalue weighted by molar-refractivity contribution is 0.0280. The maximum absolute atomic E-state index is 9.39. The molecule has 2 saturated heterocycles. The van der Waals surface area contributed by atoms with Gasteiger partial charge < -0.3 is 15.1 Å². The van der Waals surface area contributed by atoms with Crippen molar-refractivity contribution in [2.24, 2.45) is 0 Å². The van der Waals surface area contributed by atoms with E-state index >= 15 is 0 Å². The van der Waals surface area contributed by atoms with Gasteiger partial charge in [-0.2, -0.15) is 0 Å². The third-order valence-electron chi connectivity index (χ3n) is 4.20. The molecule has 0 aromatic carbocycles. The van der Waals surface area contributed by atoms with Gasteiger partial charge in [0.1, 0.15) is 0 Å². The van der Waals surface area contributed by atoms with Crippen LogP contribution in [-0.2, 0) is 0 Å². The molecule has 2 heterocycles. The van der Waals surface area contributed by atoms with Gasteiger partial charge in [-0.05, 0) is 33.1 Å². The van der Waals surface area contributed by atoms with Crippen LogP contribution in [0.5, 0.6) is 0 Å². The number of aliphatic hydroxyl groups is 2. The van der Waals surface area contributed by atoms with Gasteiger partial charge in [0.25, 0.3) is 0 Å². The lowest BCUT2D eigenvalue weighted by Gasteiger charge is -2.43. The number of hydrogen-bond donors (Lipinski definition) is 2. The van der Waals surface area contributed by atoms with E-state index in [9.17, 15) is 5.11 Å². The quantitative estimate of drug-likeness (QED) is 0.727. The highest BCUT2D eigenvalue weighted by Gasteiger charge is 2.40. The van der Waals surface area contributed by atoms with Crippen LogP contribution in [0.15, 0.2) is 0 Å². The summed E-state index contributed by atoms with van der Waals surface area (Å²) >= 11 is 0. The number of fused-ring (bicyclic) bond motifs is 2. The molecule has 2 aliphatic heterocycles. The molecule has 17 heavy (non-hydrogen) atoms. The molecule has 4 nitrogen and oxygen atoms in total. The summed E-state index contributed by atoms with van der Waals surface area (Å²) < 4.78 is 0. The monoisotopic (exact) mass is 242 g/mol. The Morgan fingerprint density at radius 3 is 2.24 bits per heavy atom. The van der Waals surface area contributed by atoms with Crippen molar-refractivity contribution in [3.8, 4) is 0 Å². The van der Waals surface area contributed by atoms with Gasteiger partial charge in [-0.1, -0.05) is 0 Å². The molecule has 2 N–H and O–H groups in total. The fourth-order valence-corrected chi connectivity index (χ4v) is 3.47. The zero-order chi connectivity index (χ0) is 12.4. The second kappa shape index (κ2) is 5.65. The molecule has 2 rings (SSSR count). The van der Waals surface area contributed by atoms with E-state index < -0.39 is 6.10 Å². The Labute approximate surface area is 104 Å². The highest BCUT2D eigenvalue weighted by atomic mass is 16.3. The second-order valence-corrected chi connectivity index (χ2v) is 5.81. The Morgan fingerprint density at radius 1 is 1.18 bits per heavy atom. The van der Waals surface area contributed by atoms with Gasteiger partial charge in [0.2, 0.25) is 0 Å². The van der Waals surface area contributed by atoms with Gasteiger partial charge in [0.15, 0.2) is 0 Å². The van der Waals surface area contributed by atoms with Crippen LogP contribution in [0.1, 0.15) is 33.1 Å². The molecule has 3 atom stereocenters. The minimum absolute atomic E-state index is 0.112. The van der Waals surface area contributed by atoms with E-state index in [2.05, 4.69) is 23.6 Å². The number of likely N-dealkylation sites (tertiary alicyclic amines) is 1. The van der Waals surface area contributed by atoms with Crippen molar-refractivity contribution in [1.82, 2.24) is 9.80 Å². The molecule has 0 aromatic heterocycles. The highest BCUT2D eigenvalue weighted by Crippen LogP contribution is 2.31. The summed E-state index contributed by atoms with van der Waals surface area (Å²) in [6.07, 6.45) is 2.79. The normalized spacial score (nSPS) is 32.3. The summed E-state index contributed by atoms with van der Waals surface area (Å²) in [5.74, 6) is 0. The predicted molar refractivity (Wildman–Crippen MR) is 67.9 cm³/mol. The zero-order valence-corrected chi connectivity index (χ0v) is 11.0. The molecule has 2 aliphatic rings. The van der Waals surface area contributed by atoms with Crippen molar-refractivity contribution in [3.05, 3.63) is 0 Å². The molecule has 100 valence electrons. The van der Waals surface area contributed by atoms with Crippen LogP contribution in [0.3, 0.4) is 0 Å². The summed E-state index contributed by atoms with van der Waals surface area (Å²) in [5.41, 5.74) is 0. The maximum Gasteiger partial charge on any atom is 0.0783 e. The van der Waals surface area contributed by atoms with Gasteiger partial charge in [0, 0.05) is 37.8 Å². The molecule has 0 aromatic rings. The summed E-state index contributed by atoms with van der Waals surface area (Å²) in [4.78, 5) is 5.12. The molecule has 0 aliphatic carbocycles. The van der Waals surface area contributed by atoms with E-state index in [4.69, 9.17) is 5.11 Å². The predicted octanol–water partition coefficient (Wildman–Crippen LogP) is 0.287. The standard InChI is InChI=1S/C13H26N2O2/c1-10(2)15-11-3-4-12(15)8-14(7-11)6-5-13(17)9-16/h10-13,16-17H,3-9H2,1-2H3. The van der Waals surface area contributed by atoms with Crippen LogP contribution in [0.4, 0.5) is 0 Å². The minimum Gasteiger partial charge on any atom is -0.394 e. The molecular formula is C13H26N2O2. The molecule has 0 radical (unpaired) electrons. The Balaban J connectivity index is 1.83. The van der Waals surface area contributed by atoms with E-state index in [1.807, 2.05) is 0 Å². The Bertz CT molecular complexity index is 234. The van der Waals surface area contributed by atoms with E-state index in [0.717, 1.165) is 19.6 Å². The van der Waals surface area contributed by atoms with Crippen LogP contribution >= 0.6 is 0 Å². The summed E-state index contributed by atoms with van der Waals surface area (Å²) in [7, 11) is 0. The number of piperazine rings is 1. The van der Waals surface area contributed by atoms with E-state index in [1.54, 1.807) is 0 Å². The molecule has 0 amide bonds. The molecule has 3 unspecified atom stereocenters. The fraction of sp³-hybridized carbons (Fsp3) is 1.00. The van der Waals surface area contributed by atoms with Crippen molar-refractivity contribution in [1.29, 1.82) is 0 Å². The van der Waals surface area contributed by atoms with Crippen LogP contribution < -0.4 is 0 Å². The van der Waals surface area contributed by atoms with E-state index in [-0.39, 0.29) is 6.61 Å². The first-order valence-electron chi connectivity index (χ1n) is 6.90. The first kappa shape index (κ1) is 13.3. The SMILES string of the molecule is CC(C)N1C2CCC1CN(CCC(O)CO)C2. The van der Waals surface area contributed by atoms with Crippen LogP contribution in [0, 0.1) is 0 Å². The summed E-state index contributed by atoms with van der Waals surface area (Å²) in [5, 5.41) is 18.2. The van der Waals surface area contributed by atoms with Crippen molar-refractivity contribution in [2.75, 3.05) is 26.2 Å². The Morgan fingerprint density at radius 2 is 1.76 bits per heavy atom. The minimum atomic E-state index is -0.546. The lowest BCUT2D eigenvalue weighted by Crippen LogP contribution is -2.56. The largest absolute Gasteiger partial charge is 0.394 e. The van der Waals surface area contributed by atoms with Gasteiger partial charge in [-0.15, -0.1) is 0 Å². The first-order valence-corrected chi connectivity index (χ1v) is 6.90. The Hall–Kier alpha value is -0.160. The van der Waals surface area contributed by atoms with E-state index in [0.29, 0.717) is 24.5 Å². The number of hydrogen-bond acceptors (Lipinski definition) is 4. The molecular weight excluding hydrogens is 216 g/mol. The average molecular weight is 242 g/mol. The first-order chi connectivity index (χ1) is 8.11. The Kier molecular flexibility index (Phi) is 4.42. The van der Waals surface area contributed by atoms with Crippen molar-refractivity contribution >= 4 is 0 Å². The third-order valence-corrected chi connectivity index (χ3v) is 4.20. The van der Waals surface area contributed by atoms with Crippen LogP contribution in [-0.4, -0.2) is 70.5 Å². The van der Waals surface area contributed by atoms with Gasteiger partial charge in [-0.3, -0.25) is 4.90 Å². The van der Waals surface area contributed by atoms with Gasteiger partial charge in [-0.25, -0.2) is 0 Å². The highest BCUT2D eigenvalue weighted by molar-refractivity contribution is 4.97. The molecule has 4 heteroatoms. The molecule has 2 bridgehead atoms. The molecule has 0 spiro atoms. The van der Waals surface area contributed by atoms with Crippen LogP contribution in [0.2, 0.25) is 0 Å².